The summed E-state index contributed by atoms with van der Waals surface area (Å²) in [5.41, 5.74) is -11.5. The van der Waals surface area contributed by atoms with Crippen LogP contribution < -0.4 is 10.6 Å². The van der Waals surface area contributed by atoms with Gasteiger partial charge in [0.1, 0.15) is 12.1 Å². The van der Waals surface area contributed by atoms with Gasteiger partial charge in [0.05, 0.1) is 0 Å². The first kappa shape index (κ1) is 5.39. The highest BCUT2D eigenvalue weighted by atomic mass is 16.4. The largest absolute Gasteiger partial charge is 0.480 e. The summed E-state index contributed by atoms with van der Waals surface area (Å²) in [4.78, 5) is 40.3. The summed E-state index contributed by atoms with van der Waals surface area (Å²) in [5.74, 6) is -7.96. The van der Waals surface area contributed by atoms with Gasteiger partial charge in [-0.3, -0.25) is 4.79 Å². The first-order chi connectivity index (χ1) is 21.6. The van der Waals surface area contributed by atoms with Crippen molar-refractivity contribution in [2.45, 2.75) is 72.4 Å². The van der Waals surface area contributed by atoms with Crippen LogP contribution in [0.4, 0.5) is 4.79 Å². The van der Waals surface area contributed by atoms with Crippen LogP contribution in [0, 0.1) is 22.7 Å². The van der Waals surface area contributed by atoms with E-state index in [2.05, 4.69) is 0 Å². The van der Waals surface area contributed by atoms with Gasteiger partial charge in [0.2, 0.25) is 5.91 Å². The second kappa shape index (κ2) is 6.13. The third-order valence-electron chi connectivity index (χ3n) is 4.30. The number of hydrogen-bond donors (Lipinski definition) is 3. The Hall–Kier alpha value is -1.79. The van der Waals surface area contributed by atoms with E-state index in [1.165, 1.54) is 5.32 Å². The number of carbonyl (C=O) groups excluding carboxylic acids is 2. The Labute approximate surface area is 189 Å². The van der Waals surface area contributed by atoms with Crippen molar-refractivity contribution < 1.29 is 52.4 Å². The third kappa shape index (κ3) is 3.81. The zero-order valence-corrected chi connectivity index (χ0v) is 13.1. The van der Waals surface area contributed by atoms with Crippen LogP contribution in [0.3, 0.4) is 0 Å². The molecule has 26 heavy (non-hydrogen) atoms. The molecule has 0 aromatic rings. The van der Waals surface area contributed by atoms with Gasteiger partial charge in [-0.25, -0.2) is 9.59 Å². The van der Waals surface area contributed by atoms with Crippen LogP contribution in [0.5, 0.6) is 0 Å². The summed E-state index contributed by atoms with van der Waals surface area (Å²) >= 11 is 0. The Bertz CT molecular complexity index is 1260. The predicted molar refractivity (Wildman–Crippen MR) is 98.6 cm³/mol. The van der Waals surface area contributed by atoms with E-state index in [1.807, 2.05) is 0 Å². The van der Waals surface area contributed by atoms with Crippen molar-refractivity contribution in [1.82, 2.24) is 15.5 Å². The van der Waals surface area contributed by atoms with Crippen molar-refractivity contribution in [2.24, 2.45) is 22.7 Å². The number of amides is 3. The normalized spacial score (nSPS) is 45.7. The monoisotopic (exact) mass is 391 g/mol. The second-order valence-electron chi connectivity index (χ2n) is 6.36. The van der Waals surface area contributed by atoms with E-state index in [1.54, 1.807) is 0 Å². The van der Waals surface area contributed by atoms with Gasteiger partial charge in [0, 0.05) is 50.9 Å². The Kier molecular flexibility index (Phi) is 1.27. The van der Waals surface area contributed by atoms with Crippen molar-refractivity contribution in [2.75, 3.05) is 6.54 Å². The summed E-state index contributed by atoms with van der Waals surface area (Å²) in [6.45, 7) is -33.7. The topological polar surface area (TPSA) is 98.7 Å². The van der Waals surface area contributed by atoms with Crippen LogP contribution >= 0.6 is 0 Å². The van der Waals surface area contributed by atoms with E-state index >= 15 is 0 Å². The molecule has 2 rings (SSSR count). The molecule has 1 saturated carbocycles. The van der Waals surface area contributed by atoms with Gasteiger partial charge < -0.3 is 20.6 Å². The zero-order chi connectivity index (χ0) is 40.2. The lowest BCUT2D eigenvalue weighted by Gasteiger charge is -2.37. The van der Waals surface area contributed by atoms with Gasteiger partial charge in [-0.05, 0) is 37.3 Å². The fourth-order valence-corrected chi connectivity index (χ4v) is 3.11. The van der Waals surface area contributed by atoms with Gasteiger partial charge in [0.15, 0.2) is 0 Å². The van der Waals surface area contributed by atoms with E-state index in [-0.39, 0.29) is 4.90 Å². The molecule has 7 nitrogen and oxygen atoms in total. The SMILES string of the molecule is [2H]C([2H])([2H])C1(C([2H])([2H])[2H])[C@@H]2[C@@H](C(=O)O)N(C(=O)[C@@H](NC(=O)NC(C([2H])([2H])[2H])(C([2H])([2H])[2H])C([2H])([2H])[2H])C(C([2H])([2H])[2H])(C([2H])([2H])[2H])C([2H])([2H])[2H])C[C@@H]21. The molecule has 148 valence electrons. The standard InChI is InChI=1S/C19H33N3O4/c1-17(2,3)13(20-16(26)21-18(4,5)6)14(23)22-9-10-11(19(10,7)8)12(22)15(24)25/h10-13H,9H2,1-8H3,(H,24,25)(H2,20,21,26)/t10-,11-,12-,13+/m0/s1/i1D3,2D3,3D3,4D3,5D3,6D3,7D3,8D3. The summed E-state index contributed by atoms with van der Waals surface area (Å²) in [6, 6.07) is -8.47. The molecule has 1 heterocycles. The number of nitrogens with zero attached hydrogens (tertiary/aromatic N) is 1. The molecule has 1 aliphatic heterocycles. The maximum absolute atomic E-state index is 14.3. The minimum atomic E-state index is -4.47. The molecule has 4 atom stereocenters. The van der Waals surface area contributed by atoms with Crippen LogP contribution in [0.2, 0.25) is 0 Å². The summed E-state index contributed by atoms with van der Waals surface area (Å²) in [7, 11) is 0. The first-order valence-corrected chi connectivity index (χ1v) is 7.19. The molecule has 1 aliphatic carbocycles. The van der Waals surface area contributed by atoms with Crippen LogP contribution in [0.15, 0.2) is 0 Å². The average Bonchev–Trinajstić information content (AvgIpc) is 3.30. The Balaban J connectivity index is 2.96. The number of carboxylic acid groups (broad SMARTS) is 1. The summed E-state index contributed by atoms with van der Waals surface area (Å²) in [5, 5.41) is 12.5. The van der Waals surface area contributed by atoms with Crippen molar-refractivity contribution in [3.05, 3.63) is 0 Å². The zero-order valence-electron chi connectivity index (χ0n) is 37.1. The van der Waals surface area contributed by atoms with E-state index < -0.39 is 120 Å². The number of rotatable bonds is 3. The molecule has 0 aromatic carbocycles. The number of likely N-dealkylation sites (tertiary alicyclic amines) is 1. The Morgan fingerprint density at radius 3 is 2.35 bits per heavy atom. The molecular formula is C19H33N3O4. The van der Waals surface area contributed by atoms with Gasteiger partial charge in [-0.15, -0.1) is 0 Å². The van der Waals surface area contributed by atoms with Crippen LogP contribution in [0.1, 0.15) is 87.7 Å². The van der Waals surface area contributed by atoms with Gasteiger partial charge in [0.25, 0.3) is 0 Å². The van der Waals surface area contributed by atoms with Crippen molar-refractivity contribution in [1.29, 1.82) is 0 Å². The molecule has 3 N–H and O–H groups in total. The van der Waals surface area contributed by atoms with Gasteiger partial charge in [-0.1, -0.05) is 34.3 Å². The van der Waals surface area contributed by atoms with Crippen LogP contribution in [-0.4, -0.2) is 52.1 Å². The minimum Gasteiger partial charge on any atom is -0.480 e. The maximum Gasteiger partial charge on any atom is 0.326 e. The molecular weight excluding hydrogens is 334 g/mol. The number of piperidine rings is 1. The molecule has 0 spiro atoms. The predicted octanol–water partition coefficient (Wildman–Crippen LogP) is 2.07. The molecule has 0 bridgehead atoms. The minimum absolute atomic E-state index is 0.0564. The summed E-state index contributed by atoms with van der Waals surface area (Å²) in [6.07, 6.45) is 0. The fraction of sp³-hybridized carbons (Fsp3) is 0.842. The number of carbonyl (C=O) groups is 3. The Morgan fingerprint density at radius 2 is 1.85 bits per heavy atom. The molecule has 1 saturated heterocycles. The highest BCUT2D eigenvalue weighted by Crippen LogP contribution is 2.64. The van der Waals surface area contributed by atoms with Crippen molar-refractivity contribution in [3.8, 4) is 0 Å². The quantitative estimate of drug-likeness (QED) is 0.686. The summed E-state index contributed by atoms with van der Waals surface area (Å²) < 4.78 is 188. The lowest BCUT2D eigenvalue weighted by molar-refractivity contribution is -0.152. The number of urea groups is 1. The third-order valence-corrected chi connectivity index (χ3v) is 4.30. The fourth-order valence-electron chi connectivity index (χ4n) is 3.11. The van der Waals surface area contributed by atoms with Crippen LogP contribution in [0.25, 0.3) is 0 Å². The molecule has 2 fully saturated rings. The molecule has 0 unspecified atom stereocenters. The smallest absolute Gasteiger partial charge is 0.326 e. The van der Waals surface area contributed by atoms with Crippen molar-refractivity contribution >= 4 is 17.9 Å². The molecule has 0 aromatic heterocycles. The second-order valence-corrected chi connectivity index (χ2v) is 6.36. The lowest BCUT2D eigenvalue weighted by Crippen LogP contribution is -2.60. The molecule has 3 amide bonds. The number of hydrogen-bond acceptors (Lipinski definition) is 3. The highest BCUT2D eigenvalue weighted by molar-refractivity contribution is 5.92. The van der Waals surface area contributed by atoms with Gasteiger partial charge >= 0.3 is 12.0 Å². The number of carboxylic acids is 1. The number of nitrogens with one attached hydrogen (secondary N) is 2. The van der Waals surface area contributed by atoms with Crippen molar-refractivity contribution in [3.63, 3.8) is 0 Å². The maximum atomic E-state index is 14.3. The number of aliphatic carboxylic acids is 1. The van der Waals surface area contributed by atoms with Crippen LogP contribution in [-0.2, 0) is 9.59 Å². The first-order valence-electron chi connectivity index (χ1n) is 19.2. The van der Waals surface area contributed by atoms with Gasteiger partial charge in [-0.2, -0.15) is 0 Å². The van der Waals surface area contributed by atoms with E-state index in [9.17, 15) is 19.5 Å². The Morgan fingerprint density at radius 1 is 1.19 bits per heavy atom. The number of fused-ring (bicyclic) bond motifs is 1. The highest BCUT2D eigenvalue weighted by Gasteiger charge is 2.70. The lowest BCUT2D eigenvalue weighted by atomic mass is 9.85. The van der Waals surface area contributed by atoms with E-state index in [0.29, 0.717) is 0 Å². The molecule has 2 aliphatic rings. The van der Waals surface area contributed by atoms with E-state index in [4.69, 9.17) is 32.9 Å². The average molecular weight is 392 g/mol. The molecule has 0 radical (unpaired) electrons. The van der Waals surface area contributed by atoms with E-state index in [0.717, 1.165) is 5.32 Å². The molecule has 7 heteroatoms.